The second kappa shape index (κ2) is 5.08. The molecule has 116 valence electrons. The Morgan fingerprint density at radius 1 is 1.35 bits per heavy atom. The quantitative estimate of drug-likeness (QED) is 0.777. The molecule has 1 saturated carbocycles. The molecule has 0 bridgehead atoms. The summed E-state index contributed by atoms with van der Waals surface area (Å²) < 4.78 is 16.1. The van der Waals surface area contributed by atoms with Gasteiger partial charge in [-0.25, -0.2) is 9.37 Å². The van der Waals surface area contributed by atoms with Gasteiger partial charge in [-0.15, -0.1) is 0 Å². The SMILES string of the molecule is NC(=O)c1ccn2cncc2c1Nc1ccc(C2CC2)cc1F. The molecule has 0 aliphatic heterocycles. The number of nitrogens with two attached hydrogens (primary N) is 1. The van der Waals surface area contributed by atoms with Crippen molar-refractivity contribution in [3.63, 3.8) is 0 Å². The van der Waals surface area contributed by atoms with E-state index in [2.05, 4.69) is 10.3 Å². The highest BCUT2D eigenvalue weighted by atomic mass is 19.1. The fraction of sp³-hybridized carbons (Fsp3) is 0.176. The van der Waals surface area contributed by atoms with Crippen LogP contribution in [-0.2, 0) is 0 Å². The minimum atomic E-state index is -0.578. The highest BCUT2D eigenvalue weighted by Crippen LogP contribution is 2.41. The van der Waals surface area contributed by atoms with Crippen molar-refractivity contribution in [2.45, 2.75) is 18.8 Å². The molecule has 5 nitrogen and oxygen atoms in total. The third kappa shape index (κ3) is 2.42. The van der Waals surface area contributed by atoms with Crippen LogP contribution in [0.15, 0.2) is 43.0 Å². The van der Waals surface area contributed by atoms with Crippen molar-refractivity contribution in [2.75, 3.05) is 5.32 Å². The third-order valence-electron chi connectivity index (χ3n) is 4.16. The van der Waals surface area contributed by atoms with Gasteiger partial charge in [0, 0.05) is 6.20 Å². The molecule has 3 aromatic rings. The average Bonchev–Trinajstić information content (AvgIpc) is 3.26. The van der Waals surface area contributed by atoms with Gasteiger partial charge in [-0.05, 0) is 42.5 Å². The van der Waals surface area contributed by atoms with Gasteiger partial charge in [0.05, 0.1) is 35.0 Å². The fourth-order valence-corrected chi connectivity index (χ4v) is 2.77. The van der Waals surface area contributed by atoms with Crippen molar-refractivity contribution in [2.24, 2.45) is 5.73 Å². The summed E-state index contributed by atoms with van der Waals surface area (Å²) in [6, 6.07) is 6.77. The molecule has 0 atom stereocenters. The standard InChI is InChI=1S/C17H15FN4O/c18-13-7-11(10-1-2-10)3-4-14(13)21-16-12(17(19)23)5-6-22-9-20-8-15(16)22/h3-10,21H,1-2H2,(H2,19,23). The molecular weight excluding hydrogens is 295 g/mol. The van der Waals surface area contributed by atoms with Crippen LogP contribution in [0.4, 0.5) is 15.8 Å². The molecule has 1 aliphatic carbocycles. The number of nitrogens with one attached hydrogen (secondary N) is 1. The Hall–Kier alpha value is -2.89. The lowest BCUT2D eigenvalue weighted by atomic mass is 10.1. The number of imidazole rings is 1. The predicted molar refractivity (Wildman–Crippen MR) is 85.4 cm³/mol. The average molecular weight is 310 g/mol. The first kappa shape index (κ1) is 13.8. The largest absolute Gasteiger partial charge is 0.366 e. The molecule has 1 aromatic carbocycles. The van der Waals surface area contributed by atoms with Crippen molar-refractivity contribution in [1.82, 2.24) is 9.38 Å². The molecule has 3 N–H and O–H groups in total. The topological polar surface area (TPSA) is 72.4 Å². The van der Waals surface area contributed by atoms with Gasteiger partial charge in [0.15, 0.2) is 0 Å². The number of fused-ring (bicyclic) bond motifs is 1. The Bertz CT molecular complexity index is 914. The number of amides is 1. The van der Waals surface area contributed by atoms with Gasteiger partial charge in [0.25, 0.3) is 5.91 Å². The van der Waals surface area contributed by atoms with Crippen LogP contribution < -0.4 is 11.1 Å². The summed E-state index contributed by atoms with van der Waals surface area (Å²) in [6.45, 7) is 0. The number of primary amides is 1. The zero-order valence-electron chi connectivity index (χ0n) is 12.3. The zero-order chi connectivity index (χ0) is 16.0. The summed E-state index contributed by atoms with van der Waals surface area (Å²) in [5.41, 5.74) is 8.17. The molecule has 23 heavy (non-hydrogen) atoms. The van der Waals surface area contributed by atoms with Crippen molar-refractivity contribution >= 4 is 22.8 Å². The molecule has 0 unspecified atom stereocenters. The van der Waals surface area contributed by atoms with Crippen LogP contribution in [0.2, 0.25) is 0 Å². The van der Waals surface area contributed by atoms with E-state index in [1.54, 1.807) is 41.3 Å². The van der Waals surface area contributed by atoms with Crippen molar-refractivity contribution in [1.29, 1.82) is 0 Å². The number of rotatable bonds is 4. The number of hydrogen-bond donors (Lipinski definition) is 2. The molecular formula is C17H15FN4O. The maximum Gasteiger partial charge on any atom is 0.250 e. The zero-order valence-corrected chi connectivity index (χ0v) is 12.3. The van der Waals surface area contributed by atoms with E-state index in [1.165, 1.54) is 0 Å². The second-order valence-electron chi connectivity index (χ2n) is 5.79. The summed E-state index contributed by atoms with van der Waals surface area (Å²) in [7, 11) is 0. The summed E-state index contributed by atoms with van der Waals surface area (Å²) in [4.78, 5) is 15.7. The Labute approximate surface area is 131 Å². The molecule has 2 heterocycles. The first-order valence-corrected chi connectivity index (χ1v) is 7.44. The maximum atomic E-state index is 14.4. The molecule has 2 aromatic heterocycles. The number of benzene rings is 1. The van der Waals surface area contributed by atoms with Crippen molar-refractivity contribution in [3.05, 3.63) is 59.9 Å². The number of hydrogen-bond acceptors (Lipinski definition) is 3. The van der Waals surface area contributed by atoms with E-state index in [-0.39, 0.29) is 5.82 Å². The highest BCUT2D eigenvalue weighted by molar-refractivity contribution is 6.03. The number of aromatic nitrogens is 2. The molecule has 0 saturated heterocycles. The molecule has 1 aliphatic rings. The van der Waals surface area contributed by atoms with E-state index in [1.807, 2.05) is 6.07 Å². The first-order valence-electron chi connectivity index (χ1n) is 7.44. The monoisotopic (exact) mass is 310 g/mol. The molecule has 4 rings (SSSR count). The van der Waals surface area contributed by atoms with Gasteiger partial charge in [0.2, 0.25) is 0 Å². The van der Waals surface area contributed by atoms with Gasteiger partial charge in [-0.3, -0.25) is 4.79 Å². The van der Waals surface area contributed by atoms with Crippen molar-refractivity contribution < 1.29 is 9.18 Å². The van der Waals surface area contributed by atoms with Crippen LogP contribution >= 0.6 is 0 Å². The summed E-state index contributed by atoms with van der Waals surface area (Å²) in [5, 5.41) is 3.00. The summed E-state index contributed by atoms with van der Waals surface area (Å²) >= 11 is 0. The lowest BCUT2D eigenvalue weighted by Crippen LogP contribution is -2.14. The minimum Gasteiger partial charge on any atom is -0.366 e. The molecule has 1 amide bonds. The molecule has 6 heteroatoms. The van der Waals surface area contributed by atoms with Crippen LogP contribution in [0.25, 0.3) is 5.52 Å². The van der Waals surface area contributed by atoms with Crippen LogP contribution in [0, 0.1) is 5.82 Å². The molecule has 1 fully saturated rings. The van der Waals surface area contributed by atoms with Gasteiger partial charge in [0.1, 0.15) is 5.82 Å². The maximum absolute atomic E-state index is 14.4. The Kier molecular flexibility index (Phi) is 3.04. The number of pyridine rings is 1. The van der Waals surface area contributed by atoms with E-state index in [0.29, 0.717) is 28.4 Å². The third-order valence-corrected chi connectivity index (χ3v) is 4.16. The minimum absolute atomic E-state index is 0.295. The predicted octanol–water partition coefficient (Wildman–Crippen LogP) is 3.19. The van der Waals surface area contributed by atoms with E-state index >= 15 is 0 Å². The smallest absolute Gasteiger partial charge is 0.250 e. The Morgan fingerprint density at radius 3 is 2.87 bits per heavy atom. The van der Waals surface area contributed by atoms with Crippen LogP contribution in [0.1, 0.15) is 34.7 Å². The van der Waals surface area contributed by atoms with Crippen molar-refractivity contribution in [3.8, 4) is 0 Å². The van der Waals surface area contributed by atoms with Crippen LogP contribution in [0.3, 0.4) is 0 Å². The van der Waals surface area contributed by atoms with Gasteiger partial charge in [-0.2, -0.15) is 0 Å². The number of nitrogens with zero attached hydrogens (tertiary/aromatic N) is 2. The number of halogens is 1. The lowest BCUT2D eigenvalue weighted by molar-refractivity contribution is 0.100. The number of carbonyl (C=O) groups excluding carboxylic acids is 1. The van der Waals surface area contributed by atoms with Gasteiger partial charge >= 0.3 is 0 Å². The van der Waals surface area contributed by atoms with E-state index in [0.717, 1.165) is 18.4 Å². The highest BCUT2D eigenvalue weighted by Gasteiger charge is 2.24. The van der Waals surface area contributed by atoms with E-state index < -0.39 is 5.91 Å². The molecule has 0 spiro atoms. The fourth-order valence-electron chi connectivity index (χ4n) is 2.77. The van der Waals surface area contributed by atoms with Gasteiger partial charge in [-0.1, -0.05) is 6.07 Å². The summed E-state index contributed by atoms with van der Waals surface area (Å²) in [5.74, 6) is -0.435. The van der Waals surface area contributed by atoms with E-state index in [9.17, 15) is 9.18 Å². The number of carbonyl (C=O) groups is 1. The molecule has 0 radical (unpaired) electrons. The number of anilines is 2. The second-order valence-corrected chi connectivity index (χ2v) is 5.79. The van der Waals surface area contributed by atoms with Crippen LogP contribution in [0.5, 0.6) is 0 Å². The Balaban J connectivity index is 1.78. The van der Waals surface area contributed by atoms with E-state index in [4.69, 9.17) is 5.73 Å². The Morgan fingerprint density at radius 2 is 2.17 bits per heavy atom. The van der Waals surface area contributed by atoms with Crippen LogP contribution in [-0.4, -0.2) is 15.3 Å². The normalized spacial score (nSPS) is 14.1. The summed E-state index contributed by atoms with van der Waals surface area (Å²) in [6.07, 6.45) is 7.14. The van der Waals surface area contributed by atoms with Gasteiger partial charge < -0.3 is 15.5 Å². The lowest BCUT2D eigenvalue weighted by Gasteiger charge is -2.13. The first-order chi connectivity index (χ1) is 11.1.